The molecule has 0 aliphatic heterocycles. The third-order valence-corrected chi connectivity index (χ3v) is 3.64. The second kappa shape index (κ2) is 6.43. The van der Waals surface area contributed by atoms with Crippen LogP contribution in [0, 0.1) is 6.92 Å². The molecule has 0 unspecified atom stereocenters. The van der Waals surface area contributed by atoms with Crippen LogP contribution >= 0.6 is 0 Å². The lowest BCUT2D eigenvalue weighted by Crippen LogP contribution is -2.15. The molecule has 3 aromatic rings. The van der Waals surface area contributed by atoms with Crippen molar-refractivity contribution in [3.05, 3.63) is 77.6 Å². The molecule has 0 bridgehead atoms. The number of halogens is 3. The van der Waals surface area contributed by atoms with E-state index in [1.807, 2.05) is 6.92 Å². The minimum atomic E-state index is -4.51. The van der Waals surface area contributed by atoms with Gasteiger partial charge in [0, 0.05) is 18.0 Å². The van der Waals surface area contributed by atoms with Crippen LogP contribution in [0.2, 0.25) is 0 Å². The van der Waals surface area contributed by atoms with Crippen LogP contribution in [0.25, 0.3) is 5.69 Å². The smallest absolute Gasteiger partial charge is 0.320 e. The average Bonchev–Trinajstić information content (AvgIpc) is 3.08. The van der Waals surface area contributed by atoms with E-state index in [-0.39, 0.29) is 5.69 Å². The molecule has 2 aromatic carbocycles. The molecule has 7 heteroatoms. The molecule has 0 saturated heterocycles. The van der Waals surface area contributed by atoms with Crippen molar-refractivity contribution < 1.29 is 18.0 Å². The van der Waals surface area contributed by atoms with Crippen LogP contribution in [-0.2, 0) is 6.18 Å². The number of rotatable bonds is 3. The van der Waals surface area contributed by atoms with Gasteiger partial charge < -0.3 is 5.32 Å². The van der Waals surface area contributed by atoms with Crippen LogP contribution < -0.4 is 5.32 Å². The Labute approximate surface area is 141 Å². The number of carbonyl (C=O) groups is 1. The number of hydrogen-bond donors (Lipinski definition) is 1. The van der Waals surface area contributed by atoms with Crippen molar-refractivity contribution in [3.63, 3.8) is 0 Å². The molecule has 0 aliphatic rings. The van der Waals surface area contributed by atoms with Gasteiger partial charge >= 0.3 is 6.18 Å². The van der Waals surface area contributed by atoms with Gasteiger partial charge in [-0.3, -0.25) is 4.79 Å². The summed E-state index contributed by atoms with van der Waals surface area (Å²) in [6.45, 7) is 1.88. The maximum absolute atomic E-state index is 13.0. The minimum absolute atomic E-state index is 0.0316. The van der Waals surface area contributed by atoms with Crippen molar-refractivity contribution >= 4 is 11.6 Å². The Morgan fingerprint density at radius 1 is 1.12 bits per heavy atom. The highest BCUT2D eigenvalue weighted by atomic mass is 19.4. The van der Waals surface area contributed by atoms with E-state index >= 15 is 0 Å². The third kappa shape index (κ3) is 3.71. The maximum atomic E-state index is 13.0. The van der Waals surface area contributed by atoms with Crippen LogP contribution in [0.3, 0.4) is 0 Å². The van der Waals surface area contributed by atoms with E-state index in [2.05, 4.69) is 10.4 Å². The van der Waals surface area contributed by atoms with Gasteiger partial charge in [-0.25, -0.2) is 4.68 Å². The SMILES string of the molecule is Cc1ccc(C(=O)Nc2cc(C(F)(F)F)ccc2-n2cccn2)cc1. The first-order chi connectivity index (χ1) is 11.8. The molecule has 0 fully saturated rings. The molecule has 128 valence electrons. The highest BCUT2D eigenvalue weighted by Gasteiger charge is 2.31. The summed E-state index contributed by atoms with van der Waals surface area (Å²) in [5.41, 5.74) is 0.868. The van der Waals surface area contributed by atoms with Gasteiger partial charge in [-0.05, 0) is 43.3 Å². The van der Waals surface area contributed by atoms with Gasteiger partial charge in [0.05, 0.1) is 16.9 Å². The first-order valence-electron chi connectivity index (χ1n) is 7.44. The van der Waals surface area contributed by atoms with Gasteiger partial charge in [-0.1, -0.05) is 17.7 Å². The standard InChI is InChI=1S/C18H14F3N3O/c1-12-3-5-13(6-4-12)17(25)23-15-11-14(18(19,20)21)7-8-16(15)24-10-2-9-22-24/h2-11H,1H3,(H,23,25). The number of hydrogen-bond acceptors (Lipinski definition) is 2. The van der Waals surface area contributed by atoms with Crippen LogP contribution in [0.4, 0.5) is 18.9 Å². The summed E-state index contributed by atoms with van der Waals surface area (Å²) in [4.78, 5) is 12.4. The summed E-state index contributed by atoms with van der Waals surface area (Å²) in [5.74, 6) is -0.493. The van der Waals surface area contributed by atoms with E-state index in [4.69, 9.17) is 0 Å². The minimum Gasteiger partial charge on any atom is -0.320 e. The summed E-state index contributed by atoms with van der Waals surface area (Å²) >= 11 is 0. The fraction of sp³-hybridized carbons (Fsp3) is 0.111. The largest absolute Gasteiger partial charge is 0.416 e. The molecule has 0 saturated carbocycles. The molecule has 1 heterocycles. The van der Waals surface area contributed by atoms with E-state index in [1.54, 1.807) is 36.5 Å². The summed E-state index contributed by atoms with van der Waals surface area (Å²) in [6.07, 6.45) is -1.42. The Hall–Kier alpha value is -3.09. The van der Waals surface area contributed by atoms with Gasteiger partial charge in [0.1, 0.15) is 0 Å². The lowest BCUT2D eigenvalue weighted by molar-refractivity contribution is -0.137. The topological polar surface area (TPSA) is 46.9 Å². The number of benzene rings is 2. The van der Waals surface area contributed by atoms with Gasteiger partial charge in [-0.15, -0.1) is 0 Å². The van der Waals surface area contributed by atoms with E-state index in [9.17, 15) is 18.0 Å². The van der Waals surface area contributed by atoms with Crippen molar-refractivity contribution in [3.8, 4) is 5.69 Å². The monoisotopic (exact) mass is 345 g/mol. The molecular weight excluding hydrogens is 331 g/mol. The molecule has 4 nitrogen and oxygen atoms in total. The van der Waals surface area contributed by atoms with Crippen molar-refractivity contribution in [2.45, 2.75) is 13.1 Å². The fourth-order valence-electron chi connectivity index (χ4n) is 2.32. The summed E-state index contributed by atoms with van der Waals surface area (Å²) in [6, 6.07) is 11.5. The number of carbonyl (C=O) groups excluding carboxylic acids is 1. The third-order valence-electron chi connectivity index (χ3n) is 3.64. The second-order valence-corrected chi connectivity index (χ2v) is 5.50. The molecule has 0 spiro atoms. The second-order valence-electron chi connectivity index (χ2n) is 5.50. The normalized spacial score (nSPS) is 11.4. The lowest BCUT2D eigenvalue weighted by atomic mass is 10.1. The molecule has 1 aromatic heterocycles. The Kier molecular flexibility index (Phi) is 4.31. The van der Waals surface area contributed by atoms with E-state index in [0.29, 0.717) is 11.3 Å². The van der Waals surface area contributed by atoms with Gasteiger partial charge in [-0.2, -0.15) is 18.3 Å². The highest BCUT2D eigenvalue weighted by Crippen LogP contribution is 2.33. The van der Waals surface area contributed by atoms with E-state index < -0.39 is 17.6 Å². The Morgan fingerprint density at radius 3 is 2.44 bits per heavy atom. The number of nitrogens with one attached hydrogen (secondary N) is 1. The quantitative estimate of drug-likeness (QED) is 0.762. The molecule has 3 rings (SSSR count). The summed E-state index contributed by atoms with van der Waals surface area (Å²) in [7, 11) is 0. The number of alkyl halides is 3. The summed E-state index contributed by atoms with van der Waals surface area (Å²) < 4.78 is 40.4. The number of nitrogens with zero attached hydrogens (tertiary/aromatic N) is 2. The van der Waals surface area contributed by atoms with Crippen LogP contribution in [-0.4, -0.2) is 15.7 Å². The molecular formula is C18H14F3N3O. The van der Waals surface area contributed by atoms with Crippen molar-refractivity contribution in [1.82, 2.24) is 9.78 Å². The van der Waals surface area contributed by atoms with Crippen molar-refractivity contribution in [2.24, 2.45) is 0 Å². The zero-order valence-electron chi connectivity index (χ0n) is 13.2. The predicted molar refractivity (Wildman–Crippen MR) is 87.7 cm³/mol. The van der Waals surface area contributed by atoms with Gasteiger partial charge in [0.15, 0.2) is 0 Å². The highest BCUT2D eigenvalue weighted by molar-refractivity contribution is 6.05. The Bertz CT molecular complexity index is 885. The summed E-state index contributed by atoms with van der Waals surface area (Å²) in [5, 5.41) is 6.56. The van der Waals surface area contributed by atoms with E-state index in [0.717, 1.165) is 17.7 Å². The lowest BCUT2D eigenvalue weighted by Gasteiger charge is -2.15. The number of anilines is 1. The first-order valence-corrected chi connectivity index (χ1v) is 7.44. The fourth-order valence-corrected chi connectivity index (χ4v) is 2.32. The average molecular weight is 345 g/mol. The number of aromatic nitrogens is 2. The number of aryl methyl sites for hydroxylation is 1. The molecule has 0 atom stereocenters. The zero-order chi connectivity index (χ0) is 18.0. The Balaban J connectivity index is 2.00. The van der Waals surface area contributed by atoms with E-state index in [1.165, 1.54) is 16.9 Å². The van der Waals surface area contributed by atoms with Gasteiger partial charge in [0.2, 0.25) is 0 Å². The molecule has 1 N–H and O–H groups in total. The maximum Gasteiger partial charge on any atom is 0.416 e. The molecule has 1 amide bonds. The first kappa shape index (κ1) is 16.8. The van der Waals surface area contributed by atoms with Crippen molar-refractivity contribution in [1.29, 1.82) is 0 Å². The number of amides is 1. The Morgan fingerprint density at radius 2 is 1.84 bits per heavy atom. The van der Waals surface area contributed by atoms with Crippen LogP contribution in [0.1, 0.15) is 21.5 Å². The molecule has 25 heavy (non-hydrogen) atoms. The zero-order valence-corrected chi connectivity index (χ0v) is 13.2. The van der Waals surface area contributed by atoms with Gasteiger partial charge in [0.25, 0.3) is 5.91 Å². The van der Waals surface area contributed by atoms with Crippen LogP contribution in [0.15, 0.2) is 60.9 Å². The van der Waals surface area contributed by atoms with Crippen molar-refractivity contribution in [2.75, 3.05) is 5.32 Å². The molecule has 0 aliphatic carbocycles. The molecule has 0 radical (unpaired) electrons. The predicted octanol–water partition coefficient (Wildman–Crippen LogP) is 4.45. The van der Waals surface area contributed by atoms with Crippen LogP contribution in [0.5, 0.6) is 0 Å².